The van der Waals surface area contributed by atoms with E-state index >= 15 is 0 Å². The molecule has 0 amide bonds. The van der Waals surface area contributed by atoms with Gasteiger partial charge in [0.25, 0.3) is 0 Å². The van der Waals surface area contributed by atoms with Gasteiger partial charge in [-0.3, -0.25) is 0 Å². The highest BCUT2D eigenvalue weighted by Gasteiger charge is 2.17. The minimum absolute atomic E-state index is 0.840. The minimum Gasteiger partial charge on any atom is -0.300 e. The van der Waals surface area contributed by atoms with Crippen LogP contribution in [0.4, 0.5) is 0 Å². The van der Waals surface area contributed by atoms with Gasteiger partial charge in [-0.15, -0.1) is 0 Å². The molecule has 1 fully saturated rings. The third-order valence-corrected chi connectivity index (χ3v) is 3.39. The molecule has 0 bridgehead atoms. The van der Waals surface area contributed by atoms with E-state index < -0.39 is 0 Å². The lowest BCUT2D eigenvalue weighted by Gasteiger charge is -2.34. The van der Waals surface area contributed by atoms with Crippen molar-refractivity contribution in [2.24, 2.45) is 0 Å². The van der Waals surface area contributed by atoms with Crippen LogP contribution in [0, 0.1) is 0 Å². The van der Waals surface area contributed by atoms with Crippen LogP contribution >= 0.6 is 12.6 Å². The highest BCUT2D eigenvalue weighted by Crippen LogP contribution is 2.17. The number of rotatable bonds is 5. The molecule has 1 rings (SSSR count). The van der Waals surface area contributed by atoms with E-state index in [9.17, 15) is 0 Å². The average molecular weight is 201 g/mol. The number of piperidine rings is 1. The van der Waals surface area contributed by atoms with Crippen LogP contribution in [0.2, 0.25) is 0 Å². The fraction of sp³-hybridized carbons (Fsp3) is 1.00. The van der Waals surface area contributed by atoms with E-state index in [-0.39, 0.29) is 0 Å². The van der Waals surface area contributed by atoms with Gasteiger partial charge in [-0.05, 0) is 50.9 Å². The molecule has 0 saturated carbocycles. The molecule has 0 aromatic rings. The largest absolute Gasteiger partial charge is 0.300 e. The van der Waals surface area contributed by atoms with Gasteiger partial charge < -0.3 is 4.90 Å². The third-order valence-electron chi connectivity index (χ3n) is 3.07. The quantitative estimate of drug-likeness (QED) is 0.669. The summed E-state index contributed by atoms with van der Waals surface area (Å²) in [4.78, 5) is 2.69. The van der Waals surface area contributed by atoms with Gasteiger partial charge in [0.1, 0.15) is 0 Å². The molecule has 1 nitrogen and oxygen atoms in total. The Bertz CT molecular complexity index is 121. The minimum atomic E-state index is 0.840. The van der Waals surface area contributed by atoms with Crippen molar-refractivity contribution in [3.05, 3.63) is 0 Å². The Morgan fingerprint density at radius 3 is 2.46 bits per heavy atom. The predicted octanol–water partition coefficient (Wildman–Crippen LogP) is 2.96. The van der Waals surface area contributed by atoms with Crippen LogP contribution in [0.25, 0.3) is 0 Å². The van der Waals surface area contributed by atoms with Crippen molar-refractivity contribution >= 4 is 12.6 Å². The molecule has 0 radical (unpaired) electrons. The lowest BCUT2D eigenvalue weighted by atomic mass is 10.0. The summed E-state index contributed by atoms with van der Waals surface area (Å²) >= 11 is 4.28. The number of likely N-dealkylation sites (tertiary alicyclic amines) is 1. The molecule has 78 valence electrons. The maximum Gasteiger partial charge on any atom is 0.00929 e. The lowest BCUT2D eigenvalue weighted by Crippen LogP contribution is -2.38. The molecule has 13 heavy (non-hydrogen) atoms. The van der Waals surface area contributed by atoms with E-state index in [1.165, 1.54) is 51.6 Å². The Morgan fingerprint density at radius 1 is 1.23 bits per heavy atom. The van der Waals surface area contributed by atoms with Crippen LogP contribution in [-0.2, 0) is 0 Å². The van der Waals surface area contributed by atoms with Gasteiger partial charge >= 0.3 is 0 Å². The van der Waals surface area contributed by atoms with Crippen LogP contribution in [0.15, 0.2) is 0 Å². The van der Waals surface area contributed by atoms with Gasteiger partial charge in [0.15, 0.2) is 0 Å². The van der Waals surface area contributed by atoms with Crippen LogP contribution in [0.3, 0.4) is 0 Å². The molecular formula is C11H23NS. The zero-order chi connectivity index (χ0) is 9.52. The molecule has 1 aliphatic rings. The number of hydrogen-bond donors (Lipinski definition) is 1. The van der Waals surface area contributed by atoms with E-state index in [0.717, 1.165) is 11.8 Å². The topological polar surface area (TPSA) is 3.24 Å². The van der Waals surface area contributed by atoms with Crippen molar-refractivity contribution in [3.63, 3.8) is 0 Å². The average Bonchev–Trinajstić information content (AvgIpc) is 2.21. The van der Waals surface area contributed by atoms with Crippen LogP contribution < -0.4 is 0 Å². The van der Waals surface area contributed by atoms with Gasteiger partial charge in [-0.1, -0.05) is 13.3 Å². The first-order valence-electron chi connectivity index (χ1n) is 5.73. The van der Waals surface area contributed by atoms with E-state index in [4.69, 9.17) is 0 Å². The molecule has 1 unspecified atom stereocenters. The van der Waals surface area contributed by atoms with Gasteiger partial charge in [-0.25, -0.2) is 0 Å². The normalized spacial score (nSPS) is 21.7. The molecule has 1 heterocycles. The molecule has 0 spiro atoms. The van der Waals surface area contributed by atoms with E-state index in [1.54, 1.807) is 0 Å². The van der Waals surface area contributed by atoms with Gasteiger partial charge in [-0.2, -0.15) is 12.6 Å². The summed E-state index contributed by atoms with van der Waals surface area (Å²) in [6.45, 7) is 4.99. The Hall–Kier alpha value is 0.310. The maximum atomic E-state index is 4.28. The predicted molar refractivity (Wildman–Crippen MR) is 62.6 cm³/mol. The number of nitrogens with zero attached hydrogens (tertiary/aromatic N) is 1. The molecule has 0 aromatic heterocycles. The Morgan fingerprint density at radius 2 is 1.92 bits per heavy atom. The Balaban J connectivity index is 2.26. The molecule has 1 aliphatic heterocycles. The maximum absolute atomic E-state index is 4.28. The third kappa shape index (κ3) is 3.90. The van der Waals surface area contributed by atoms with Gasteiger partial charge in [0, 0.05) is 6.04 Å². The first-order chi connectivity index (χ1) is 6.38. The smallest absolute Gasteiger partial charge is 0.00929 e. The first-order valence-corrected chi connectivity index (χ1v) is 6.36. The van der Waals surface area contributed by atoms with Crippen molar-refractivity contribution in [2.45, 2.75) is 51.5 Å². The molecule has 0 N–H and O–H groups in total. The fourth-order valence-electron chi connectivity index (χ4n) is 2.26. The monoisotopic (exact) mass is 201 g/mol. The summed E-state index contributed by atoms with van der Waals surface area (Å²) < 4.78 is 0. The Kier molecular flexibility index (Phi) is 5.88. The number of thiol groups is 1. The standard InChI is InChI=1S/C11H23NS/c1-2-11(7-6-10-13)12-8-4-3-5-9-12/h11,13H,2-10H2,1H3. The summed E-state index contributed by atoms with van der Waals surface area (Å²) in [7, 11) is 0. The lowest BCUT2D eigenvalue weighted by molar-refractivity contribution is 0.151. The summed E-state index contributed by atoms with van der Waals surface area (Å²) in [6.07, 6.45) is 8.21. The molecule has 1 saturated heterocycles. The Labute approximate surface area is 88.3 Å². The fourth-order valence-corrected chi connectivity index (χ4v) is 2.44. The van der Waals surface area contributed by atoms with Gasteiger partial charge in [0.2, 0.25) is 0 Å². The zero-order valence-electron chi connectivity index (χ0n) is 8.84. The molecule has 1 atom stereocenters. The summed E-state index contributed by atoms with van der Waals surface area (Å²) in [5.41, 5.74) is 0. The molecular weight excluding hydrogens is 178 g/mol. The second-order valence-electron chi connectivity index (χ2n) is 4.02. The van der Waals surface area contributed by atoms with Crippen molar-refractivity contribution in [2.75, 3.05) is 18.8 Å². The van der Waals surface area contributed by atoms with Crippen molar-refractivity contribution < 1.29 is 0 Å². The molecule has 2 heteroatoms. The summed E-state index contributed by atoms with van der Waals surface area (Å²) in [6, 6.07) is 0.840. The second-order valence-corrected chi connectivity index (χ2v) is 4.47. The van der Waals surface area contributed by atoms with E-state index in [0.29, 0.717) is 0 Å². The van der Waals surface area contributed by atoms with Crippen molar-refractivity contribution in [1.82, 2.24) is 4.90 Å². The molecule has 0 aliphatic carbocycles. The van der Waals surface area contributed by atoms with Crippen LogP contribution in [0.1, 0.15) is 45.4 Å². The first kappa shape index (κ1) is 11.4. The highest BCUT2D eigenvalue weighted by molar-refractivity contribution is 7.80. The summed E-state index contributed by atoms with van der Waals surface area (Å²) in [5.74, 6) is 1.05. The zero-order valence-corrected chi connectivity index (χ0v) is 9.73. The van der Waals surface area contributed by atoms with Crippen molar-refractivity contribution in [1.29, 1.82) is 0 Å². The van der Waals surface area contributed by atoms with Crippen molar-refractivity contribution in [3.8, 4) is 0 Å². The summed E-state index contributed by atoms with van der Waals surface area (Å²) in [5, 5.41) is 0. The highest BCUT2D eigenvalue weighted by atomic mass is 32.1. The van der Waals surface area contributed by atoms with Crippen LogP contribution in [-0.4, -0.2) is 29.8 Å². The molecule has 0 aromatic carbocycles. The van der Waals surface area contributed by atoms with Gasteiger partial charge in [0.05, 0.1) is 0 Å². The van der Waals surface area contributed by atoms with Crippen LogP contribution in [0.5, 0.6) is 0 Å². The van der Waals surface area contributed by atoms with E-state index in [2.05, 4.69) is 24.5 Å². The SMILES string of the molecule is CCC(CCCS)N1CCCCC1. The van der Waals surface area contributed by atoms with E-state index in [1.807, 2.05) is 0 Å². The number of hydrogen-bond acceptors (Lipinski definition) is 2. The second kappa shape index (κ2) is 6.72.